The molecule has 19 heavy (non-hydrogen) atoms. The monoisotopic (exact) mass is 305 g/mol. The number of hydrogen-bond acceptors (Lipinski definition) is 4. The fraction of sp³-hybridized carbons (Fsp3) is 0.538. The van der Waals surface area contributed by atoms with Crippen LogP contribution in [0, 0.1) is 0 Å². The van der Waals surface area contributed by atoms with Crippen LogP contribution in [0.4, 0.5) is 0 Å². The van der Waals surface area contributed by atoms with Crippen LogP contribution >= 0.6 is 11.6 Å². The van der Waals surface area contributed by atoms with E-state index in [1.165, 1.54) is 0 Å². The fourth-order valence-electron chi connectivity index (χ4n) is 1.55. The average Bonchev–Trinajstić information content (AvgIpc) is 2.36. The minimum absolute atomic E-state index is 0.175. The second-order valence-electron chi connectivity index (χ2n) is 4.41. The molecule has 6 heteroatoms. The molecule has 0 aromatic heterocycles. The van der Waals surface area contributed by atoms with Crippen molar-refractivity contribution in [3.8, 4) is 5.75 Å². The first-order valence-electron chi connectivity index (χ1n) is 6.27. The molecular formula is C13H20ClNO3S. The first-order valence-corrected chi connectivity index (χ1v) is 8.47. The van der Waals surface area contributed by atoms with Crippen molar-refractivity contribution in [2.75, 3.05) is 18.1 Å². The van der Waals surface area contributed by atoms with Crippen LogP contribution in [0.1, 0.15) is 19.8 Å². The molecule has 4 nitrogen and oxygen atoms in total. The first kappa shape index (κ1) is 16.3. The van der Waals surface area contributed by atoms with Crippen molar-refractivity contribution in [1.82, 2.24) is 0 Å². The van der Waals surface area contributed by atoms with Crippen LogP contribution in [0.15, 0.2) is 24.3 Å². The topological polar surface area (TPSA) is 69.4 Å². The largest absolute Gasteiger partial charge is 0.492 e. The Morgan fingerprint density at radius 2 is 2.16 bits per heavy atom. The second-order valence-corrected chi connectivity index (χ2v) is 7.32. The molecule has 1 aromatic rings. The van der Waals surface area contributed by atoms with E-state index in [1.54, 1.807) is 31.2 Å². The Bertz CT molecular complexity index is 490. The van der Waals surface area contributed by atoms with E-state index in [9.17, 15) is 8.42 Å². The van der Waals surface area contributed by atoms with Gasteiger partial charge in [0.2, 0.25) is 0 Å². The highest BCUT2D eigenvalue weighted by Gasteiger charge is 2.09. The van der Waals surface area contributed by atoms with Gasteiger partial charge in [-0.3, -0.25) is 0 Å². The van der Waals surface area contributed by atoms with E-state index < -0.39 is 9.84 Å². The summed E-state index contributed by atoms with van der Waals surface area (Å²) in [5, 5.41) is 0.611. The molecule has 2 N–H and O–H groups in total. The summed E-state index contributed by atoms with van der Waals surface area (Å²) in [5.74, 6) is 1.04. The normalized spacial score (nSPS) is 13.2. The van der Waals surface area contributed by atoms with Gasteiger partial charge in [-0.2, -0.15) is 0 Å². The van der Waals surface area contributed by atoms with Crippen LogP contribution in [0.2, 0.25) is 5.02 Å². The van der Waals surface area contributed by atoms with Crippen molar-refractivity contribution in [3.63, 3.8) is 0 Å². The zero-order chi connectivity index (χ0) is 14.3. The highest BCUT2D eigenvalue weighted by Crippen LogP contribution is 2.17. The highest BCUT2D eigenvalue weighted by molar-refractivity contribution is 7.91. The van der Waals surface area contributed by atoms with E-state index in [4.69, 9.17) is 22.1 Å². The predicted octanol–water partition coefficient (Wildman–Crippen LogP) is 2.26. The van der Waals surface area contributed by atoms with E-state index in [0.29, 0.717) is 30.2 Å². The highest BCUT2D eigenvalue weighted by atomic mass is 35.5. The summed E-state index contributed by atoms with van der Waals surface area (Å²) in [6, 6.07) is 6.92. The standard InChI is InChI=1S/C13H20ClNO3S/c1-2-19(16,17)8-4-6-12(15)10-18-13-7-3-5-11(14)9-13/h3,5,7,9,12H,2,4,6,8,10,15H2,1H3. The van der Waals surface area contributed by atoms with E-state index in [1.807, 2.05) is 0 Å². The van der Waals surface area contributed by atoms with E-state index in [2.05, 4.69) is 0 Å². The van der Waals surface area contributed by atoms with E-state index in [-0.39, 0.29) is 17.5 Å². The van der Waals surface area contributed by atoms with Crippen molar-refractivity contribution < 1.29 is 13.2 Å². The molecule has 0 saturated carbocycles. The zero-order valence-electron chi connectivity index (χ0n) is 11.0. The number of benzene rings is 1. The first-order chi connectivity index (χ1) is 8.93. The quantitative estimate of drug-likeness (QED) is 0.800. The molecule has 0 spiro atoms. The Morgan fingerprint density at radius 3 is 2.79 bits per heavy atom. The van der Waals surface area contributed by atoms with Crippen LogP contribution in [0.25, 0.3) is 0 Å². The Balaban J connectivity index is 2.27. The summed E-state index contributed by atoms with van der Waals surface area (Å²) in [7, 11) is -2.90. The van der Waals surface area contributed by atoms with Gasteiger partial charge in [0.1, 0.15) is 22.2 Å². The minimum atomic E-state index is -2.90. The molecule has 1 aromatic carbocycles. The average molecular weight is 306 g/mol. The molecule has 0 fully saturated rings. The summed E-state index contributed by atoms with van der Waals surface area (Å²) in [4.78, 5) is 0. The summed E-state index contributed by atoms with van der Waals surface area (Å²) >= 11 is 5.83. The lowest BCUT2D eigenvalue weighted by Crippen LogP contribution is -2.28. The third-order valence-electron chi connectivity index (χ3n) is 2.73. The Kier molecular flexibility index (Phi) is 6.62. The zero-order valence-corrected chi connectivity index (χ0v) is 12.6. The number of sulfone groups is 1. The molecule has 0 amide bonds. The van der Waals surface area contributed by atoms with E-state index in [0.717, 1.165) is 0 Å². The molecule has 0 aliphatic heterocycles. The van der Waals surface area contributed by atoms with Crippen LogP contribution in [0.5, 0.6) is 5.75 Å². The van der Waals surface area contributed by atoms with Gasteiger partial charge in [0.05, 0.1) is 5.75 Å². The van der Waals surface area contributed by atoms with Crippen LogP contribution < -0.4 is 10.5 Å². The van der Waals surface area contributed by atoms with Gasteiger partial charge in [-0.1, -0.05) is 24.6 Å². The van der Waals surface area contributed by atoms with Gasteiger partial charge in [0.15, 0.2) is 0 Å². The summed E-state index contributed by atoms with van der Waals surface area (Å²) in [6.45, 7) is 2.00. The van der Waals surface area contributed by atoms with Gasteiger partial charge < -0.3 is 10.5 Å². The van der Waals surface area contributed by atoms with Crippen molar-refractivity contribution in [1.29, 1.82) is 0 Å². The molecule has 0 aliphatic carbocycles. The SMILES string of the molecule is CCS(=O)(=O)CCCC(N)COc1cccc(Cl)c1. The van der Waals surface area contributed by atoms with Crippen LogP contribution in [-0.2, 0) is 9.84 Å². The third kappa shape index (κ3) is 6.80. The predicted molar refractivity (Wildman–Crippen MR) is 78.5 cm³/mol. The van der Waals surface area contributed by atoms with Gasteiger partial charge in [0, 0.05) is 16.8 Å². The molecular weight excluding hydrogens is 286 g/mol. The van der Waals surface area contributed by atoms with Crippen molar-refractivity contribution in [2.45, 2.75) is 25.8 Å². The Morgan fingerprint density at radius 1 is 1.42 bits per heavy atom. The molecule has 0 radical (unpaired) electrons. The van der Waals surface area contributed by atoms with Gasteiger partial charge >= 0.3 is 0 Å². The number of rotatable bonds is 8. The molecule has 0 bridgehead atoms. The maximum Gasteiger partial charge on any atom is 0.150 e. The number of halogens is 1. The van der Waals surface area contributed by atoms with Crippen LogP contribution in [0.3, 0.4) is 0 Å². The van der Waals surface area contributed by atoms with E-state index >= 15 is 0 Å². The maximum atomic E-state index is 11.3. The maximum absolute atomic E-state index is 11.3. The molecule has 0 saturated heterocycles. The van der Waals surface area contributed by atoms with Crippen molar-refractivity contribution >= 4 is 21.4 Å². The summed E-state index contributed by atoms with van der Waals surface area (Å²) < 4.78 is 28.1. The van der Waals surface area contributed by atoms with Crippen molar-refractivity contribution in [3.05, 3.63) is 29.3 Å². The van der Waals surface area contributed by atoms with Crippen molar-refractivity contribution in [2.24, 2.45) is 5.73 Å². The molecule has 1 rings (SSSR count). The lowest BCUT2D eigenvalue weighted by atomic mass is 10.2. The molecule has 1 atom stereocenters. The summed E-state index contributed by atoms with van der Waals surface area (Å²) in [5.41, 5.74) is 5.88. The molecule has 108 valence electrons. The van der Waals surface area contributed by atoms with Gasteiger partial charge in [-0.25, -0.2) is 8.42 Å². The third-order valence-corrected chi connectivity index (χ3v) is 4.76. The lowest BCUT2D eigenvalue weighted by molar-refractivity contribution is 0.281. The van der Waals surface area contributed by atoms with Gasteiger partial charge in [-0.15, -0.1) is 0 Å². The molecule has 0 heterocycles. The number of nitrogens with two attached hydrogens (primary N) is 1. The second kappa shape index (κ2) is 7.72. The number of ether oxygens (including phenoxy) is 1. The lowest BCUT2D eigenvalue weighted by Gasteiger charge is -2.13. The van der Waals surface area contributed by atoms with Crippen LogP contribution in [-0.4, -0.2) is 32.6 Å². The molecule has 0 aliphatic rings. The van der Waals surface area contributed by atoms with Gasteiger partial charge in [0.25, 0.3) is 0 Å². The Labute approximate surface area is 119 Å². The minimum Gasteiger partial charge on any atom is -0.492 e. The van der Waals surface area contributed by atoms with Gasteiger partial charge in [-0.05, 0) is 31.0 Å². The number of hydrogen-bond donors (Lipinski definition) is 1. The smallest absolute Gasteiger partial charge is 0.150 e. The molecule has 1 unspecified atom stereocenters. The Hall–Kier alpha value is -0.780. The summed E-state index contributed by atoms with van der Waals surface area (Å²) in [6.07, 6.45) is 1.19. The fourth-order valence-corrected chi connectivity index (χ4v) is 2.63.